The Bertz CT molecular complexity index is 37.1. The fourth-order valence-corrected chi connectivity index (χ4v) is 0. The van der Waals surface area contributed by atoms with E-state index in [1.54, 1.807) is 0 Å². The average Bonchev–Trinajstić information content (AvgIpc) is 0.650. The van der Waals surface area contributed by atoms with Gasteiger partial charge >= 0.3 is 74.5 Å². The number of rotatable bonds is 0. The monoisotopic (exact) mass is 779 g/mol. The molecule has 0 aromatic carbocycles. The minimum atomic E-state index is -1.95. The van der Waals surface area contributed by atoms with Crippen molar-refractivity contribution in [2.75, 3.05) is 0 Å². The van der Waals surface area contributed by atoms with E-state index in [0.717, 1.165) is 0 Å². The van der Waals surface area contributed by atoms with Crippen LogP contribution in [0.5, 0.6) is 0 Å². The van der Waals surface area contributed by atoms with Crippen LogP contribution in [0.4, 0.5) is 0 Å². The van der Waals surface area contributed by atoms with E-state index in [9.17, 15) is 0 Å². The summed E-state index contributed by atoms with van der Waals surface area (Å²) in [5.41, 5.74) is 0. The Morgan fingerprint density at radius 1 is 0.667 bits per heavy atom. The van der Waals surface area contributed by atoms with Crippen LogP contribution in [-0.2, 0) is 0 Å². The molecule has 0 unspecified atom stereocenters. The van der Waals surface area contributed by atoms with Gasteiger partial charge in [-0.1, -0.05) is 0 Å². The van der Waals surface area contributed by atoms with Crippen LogP contribution < -0.4 is 0 Å². The average molecular weight is 780 g/mol. The van der Waals surface area contributed by atoms with Crippen LogP contribution in [0.1, 0.15) is 0 Å². The molecular formula is I5Pm. The van der Waals surface area contributed by atoms with E-state index in [2.05, 4.69) is 71.4 Å². The Hall–Kier alpha value is 4.99. The van der Waals surface area contributed by atoms with Crippen molar-refractivity contribution in [3.05, 3.63) is 0 Å². The maximum atomic E-state index is 2.57. The predicted molar refractivity (Wildman–Crippen MR) is 70.1 cm³/mol. The molecule has 0 saturated heterocycles. The first-order valence-corrected chi connectivity index (χ1v) is 42.0. The van der Waals surface area contributed by atoms with Gasteiger partial charge in [-0.2, -0.15) is 0 Å². The van der Waals surface area contributed by atoms with Crippen molar-refractivity contribution >= 4 is 71.4 Å². The second-order valence-electron chi connectivity index (χ2n) is 0.639. The molecule has 0 radical (unpaired) electrons. The molecule has 0 spiro atoms. The van der Waals surface area contributed by atoms with Gasteiger partial charge in [0.15, 0.2) is 0 Å². The van der Waals surface area contributed by atoms with E-state index >= 15 is 0 Å². The molecule has 0 aromatic heterocycles. The van der Waals surface area contributed by atoms with Gasteiger partial charge in [0, 0.05) is 0 Å². The SMILES string of the molecule is [I][Pm]([I])([I])([I])[I]. The predicted octanol–water partition coefficient (Wildman–Crippen LogP) is 4.43. The van der Waals surface area contributed by atoms with Crippen molar-refractivity contribution in [2.24, 2.45) is 0 Å². The molecule has 0 amide bonds. The Labute approximate surface area is 69.9 Å². The fourth-order valence-electron chi connectivity index (χ4n) is 0. The third kappa shape index (κ3) is 23.1. The maximum absolute atomic E-state index is 2.57. The van der Waals surface area contributed by atoms with E-state index in [0.29, 0.717) is 0 Å². The first-order chi connectivity index (χ1) is 2.24. The molecule has 0 fully saturated rings. The van der Waals surface area contributed by atoms with Gasteiger partial charge in [0.25, 0.3) is 0 Å². The van der Waals surface area contributed by atoms with Crippen LogP contribution in [0.2, 0.25) is 0 Å². The normalized spacial score (nSPS) is 19.2. The zero-order chi connectivity index (χ0) is 5.45. The summed E-state index contributed by atoms with van der Waals surface area (Å²) in [5, 5.41) is 0. The molecule has 0 aromatic rings. The summed E-state index contributed by atoms with van der Waals surface area (Å²) in [6.45, 7) is 0. The minimum absolute atomic E-state index is 1.95. The van der Waals surface area contributed by atoms with Crippen molar-refractivity contribution < 1.29 is 3.06 Å². The van der Waals surface area contributed by atoms with E-state index in [4.69, 9.17) is 0 Å². The third-order valence-corrected chi connectivity index (χ3v) is 0. The van der Waals surface area contributed by atoms with Gasteiger partial charge in [-0.15, -0.1) is 0 Å². The summed E-state index contributed by atoms with van der Waals surface area (Å²) in [5.74, 6) is 0. The Morgan fingerprint density at radius 3 is 0.667 bits per heavy atom. The Kier molecular flexibility index (Phi) is 6.58. The molecule has 0 heterocycles. The van der Waals surface area contributed by atoms with Gasteiger partial charge in [0.1, 0.15) is 0 Å². The van der Waals surface area contributed by atoms with Crippen molar-refractivity contribution in [1.82, 2.24) is 0 Å². The molecule has 0 aliphatic carbocycles. The Balaban J connectivity index is 3.73. The molecule has 0 bridgehead atoms. The zero-order valence-electron chi connectivity index (χ0n) is 2.34. The van der Waals surface area contributed by atoms with Crippen molar-refractivity contribution in [1.29, 1.82) is 0 Å². The Morgan fingerprint density at radius 2 is 0.667 bits per heavy atom. The molecule has 0 aliphatic heterocycles. The summed E-state index contributed by atoms with van der Waals surface area (Å²) in [6, 6.07) is 0. The number of hydrogen-bond donors (Lipinski definition) is 0. The van der Waals surface area contributed by atoms with Crippen molar-refractivity contribution in [3.63, 3.8) is 0 Å². The van der Waals surface area contributed by atoms with E-state index in [-0.39, 0.29) is 0 Å². The number of halogens is 5. The van der Waals surface area contributed by atoms with Gasteiger partial charge in [0.05, 0.1) is 0 Å². The van der Waals surface area contributed by atoms with Gasteiger partial charge in [-0.3, -0.25) is 0 Å². The molecule has 0 nitrogen and oxygen atoms in total. The van der Waals surface area contributed by atoms with Gasteiger partial charge in [-0.25, -0.2) is 0 Å². The molecular weight excluding hydrogens is 780 g/mol. The topological polar surface area (TPSA) is 0 Å². The van der Waals surface area contributed by atoms with Crippen molar-refractivity contribution in [2.45, 2.75) is 0 Å². The van der Waals surface area contributed by atoms with Crippen LogP contribution in [-0.4, -0.2) is 0 Å². The first kappa shape index (κ1) is 11.0. The molecule has 0 saturated carbocycles. The third-order valence-electron chi connectivity index (χ3n) is 0. The standard InChI is InChI=1S/5HI.Pm/h5*1H;/q;;;;;+5/p-5. The quantitative estimate of drug-likeness (QED) is 0.320. The summed E-state index contributed by atoms with van der Waals surface area (Å²) >= 11 is 12.9. The molecule has 0 aliphatic rings. The van der Waals surface area contributed by atoms with Crippen LogP contribution in [0, 0.1) is 3.06 Å². The first-order valence-electron chi connectivity index (χ1n) is 0.845. The van der Waals surface area contributed by atoms with Crippen LogP contribution in [0.3, 0.4) is 0 Å². The second-order valence-corrected chi connectivity index (χ2v) is 213. The molecule has 6 heteroatoms. The van der Waals surface area contributed by atoms with Crippen LogP contribution >= 0.6 is 71.4 Å². The van der Waals surface area contributed by atoms with Gasteiger partial charge in [-0.05, 0) is 0 Å². The summed E-state index contributed by atoms with van der Waals surface area (Å²) in [6.07, 6.45) is 0. The molecule has 0 N–H and O–H groups in total. The molecule has 0 atom stereocenters. The molecule has 6 heavy (non-hydrogen) atoms. The zero-order valence-corrected chi connectivity index (χ0v) is 16.0. The van der Waals surface area contributed by atoms with Gasteiger partial charge in [0.2, 0.25) is 0 Å². The van der Waals surface area contributed by atoms with Crippen LogP contribution in [0.15, 0.2) is 0 Å². The molecule has 0 rings (SSSR count). The fraction of sp³-hybridized carbons (Fsp3) is 0. The summed E-state index contributed by atoms with van der Waals surface area (Å²) in [7, 11) is 0. The van der Waals surface area contributed by atoms with E-state index < -0.39 is 3.06 Å². The second kappa shape index (κ2) is 3.59. The summed E-state index contributed by atoms with van der Waals surface area (Å²) in [4.78, 5) is 0. The van der Waals surface area contributed by atoms with Crippen molar-refractivity contribution in [3.8, 4) is 0 Å². The molecule has 40 valence electrons. The van der Waals surface area contributed by atoms with E-state index in [1.807, 2.05) is 0 Å². The van der Waals surface area contributed by atoms with E-state index in [1.165, 1.54) is 0 Å². The van der Waals surface area contributed by atoms with Crippen LogP contribution in [0.25, 0.3) is 0 Å². The number of hydrogen-bond acceptors (Lipinski definition) is 0. The summed E-state index contributed by atoms with van der Waals surface area (Å²) < 4.78 is -1.95. The van der Waals surface area contributed by atoms with Gasteiger partial charge < -0.3 is 0 Å².